The molecule has 0 saturated heterocycles. The van der Waals surface area contributed by atoms with Crippen molar-refractivity contribution in [3.05, 3.63) is 119 Å². The van der Waals surface area contributed by atoms with Gasteiger partial charge < -0.3 is 11.1 Å². The number of nitrogens with one attached hydrogen (secondary N) is 1. The van der Waals surface area contributed by atoms with Crippen molar-refractivity contribution in [3.8, 4) is 0 Å². The van der Waals surface area contributed by atoms with Gasteiger partial charge in [0.15, 0.2) is 5.78 Å². The molecule has 5 rings (SSSR count). The van der Waals surface area contributed by atoms with Gasteiger partial charge in [0.25, 0.3) is 5.91 Å². The third-order valence-electron chi connectivity index (χ3n) is 5.90. The minimum Gasteiger partial charge on any atom is -0.383 e. The number of hydrogen-bond donors (Lipinski definition) is 2. The lowest BCUT2D eigenvalue weighted by molar-refractivity contribution is 0.0950. The third-order valence-corrected chi connectivity index (χ3v) is 5.90. The van der Waals surface area contributed by atoms with E-state index in [-0.39, 0.29) is 11.7 Å². The Balaban J connectivity index is 1.25. The highest BCUT2D eigenvalue weighted by molar-refractivity contribution is 6.10. The lowest BCUT2D eigenvalue weighted by Crippen LogP contribution is -2.23. The lowest BCUT2D eigenvalue weighted by Gasteiger charge is -2.09. The van der Waals surface area contributed by atoms with E-state index in [1.54, 1.807) is 24.4 Å². The number of benzene rings is 2. The molecule has 0 bridgehead atoms. The highest BCUT2D eigenvalue weighted by Gasteiger charge is 2.14. The number of nitrogens with two attached hydrogens (primary N) is 1. The van der Waals surface area contributed by atoms with Crippen molar-refractivity contribution in [1.29, 1.82) is 0 Å². The van der Waals surface area contributed by atoms with Crippen LogP contribution in [-0.2, 0) is 13.1 Å². The van der Waals surface area contributed by atoms with Crippen LogP contribution in [0.25, 0.3) is 10.8 Å². The number of amides is 1. The second-order valence-corrected chi connectivity index (χ2v) is 8.64. The average Bonchev–Trinajstić information content (AvgIpc) is 3.31. The Morgan fingerprint density at radius 2 is 1.69 bits per heavy atom. The number of aromatic nitrogens is 4. The van der Waals surface area contributed by atoms with Gasteiger partial charge in [0.05, 0.1) is 18.3 Å². The predicted molar refractivity (Wildman–Crippen MR) is 138 cm³/mol. The zero-order valence-electron chi connectivity index (χ0n) is 19.7. The van der Waals surface area contributed by atoms with Gasteiger partial charge in [-0.2, -0.15) is 5.10 Å². The first-order valence-corrected chi connectivity index (χ1v) is 11.5. The molecule has 178 valence electrons. The molecule has 3 aromatic heterocycles. The van der Waals surface area contributed by atoms with Crippen molar-refractivity contribution < 1.29 is 9.59 Å². The van der Waals surface area contributed by atoms with E-state index in [2.05, 4.69) is 20.4 Å². The molecule has 1 amide bonds. The summed E-state index contributed by atoms with van der Waals surface area (Å²) in [7, 11) is 0. The maximum Gasteiger partial charge on any atom is 0.253 e. The van der Waals surface area contributed by atoms with Crippen LogP contribution in [-0.4, -0.2) is 31.4 Å². The zero-order chi connectivity index (χ0) is 25.1. The fourth-order valence-electron chi connectivity index (χ4n) is 4.00. The van der Waals surface area contributed by atoms with Gasteiger partial charge in [-0.25, -0.2) is 4.98 Å². The fraction of sp³-hybridized carbons (Fsp3) is 0.107. The van der Waals surface area contributed by atoms with Crippen LogP contribution >= 0.6 is 0 Å². The number of carbonyl (C=O) groups excluding carboxylic acids is 2. The molecular weight excluding hydrogens is 452 g/mol. The Morgan fingerprint density at radius 1 is 0.917 bits per heavy atom. The molecule has 2 aromatic carbocycles. The normalized spacial score (nSPS) is 10.9. The van der Waals surface area contributed by atoms with Gasteiger partial charge in [-0.15, -0.1) is 0 Å². The van der Waals surface area contributed by atoms with Crippen LogP contribution < -0.4 is 11.1 Å². The summed E-state index contributed by atoms with van der Waals surface area (Å²) in [6.07, 6.45) is 8.36. The summed E-state index contributed by atoms with van der Waals surface area (Å²) < 4.78 is 1.85. The van der Waals surface area contributed by atoms with Crippen molar-refractivity contribution in [3.63, 3.8) is 0 Å². The number of anilines is 1. The molecule has 0 fully saturated rings. The number of hydrogen-bond acceptors (Lipinski definition) is 6. The summed E-state index contributed by atoms with van der Waals surface area (Å²) in [5.74, 6) is -0.0333. The number of pyridine rings is 2. The van der Waals surface area contributed by atoms with Gasteiger partial charge >= 0.3 is 0 Å². The van der Waals surface area contributed by atoms with E-state index >= 15 is 0 Å². The monoisotopic (exact) mass is 476 g/mol. The van der Waals surface area contributed by atoms with Crippen LogP contribution in [0.15, 0.2) is 85.6 Å². The summed E-state index contributed by atoms with van der Waals surface area (Å²) in [5.41, 5.74) is 10.2. The van der Waals surface area contributed by atoms with Gasteiger partial charge in [-0.05, 0) is 47.2 Å². The van der Waals surface area contributed by atoms with E-state index in [1.807, 2.05) is 60.4 Å². The minimum absolute atomic E-state index is 0.195. The Hall–Kier alpha value is -4.85. The first-order valence-electron chi connectivity index (χ1n) is 11.5. The van der Waals surface area contributed by atoms with Crippen LogP contribution in [0.3, 0.4) is 0 Å². The van der Waals surface area contributed by atoms with Crippen LogP contribution in [0.4, 0.5) is 5.82 Å². The Morgan fingerprint density at radius 3 is 2.47 bits per heavy atom. The molecular formula is C28H24N6O2. The molecule has 3 heterocycles. The van der Waals surface area contributed by atoms with Crippen LogP contribution in [0, 0.1) is 6.92 Å². The van der Waals surface area contributed by atoms with E-state index in [0.29, 0.717) is 35.6 Å². The molecule has 0 unspecified atom stereocenters. The Bertz CT molecular complexity index is 1570. The molecule has 8 nitrogen and oxygen atoms in total. The highest BCUT2D eigenvalue weighted by Crippen LogP contribution is 2.20. The molecule has 0 aliphatic carbocycles. The number of nitrogen functional groups attached to an aromatic ring is 1. The van der Waals surface area contributed by atoms with Crippen LogP contribution in [0.5, 0.6) is 0 Å². The predicted octanol–water partition coefficient (Wildman–Crippen LogP) is 3.93. The molecule has 0 spiro atoms. The summed E-state index contributed by atoms with van der Waals surface area (Å²) in [4.78, 5) is 34.0. The molecule has 0 aliphatic rings. The fourth-order valence-corrected chi connectivity index (χ4v) is 4.00. The number of aryl methyl sites for hydroxylation is 1. The lowest BCUT2D eigenvalue weighted by atomic mass is 10.0. The van der Waals surface area contributed by atoms with E-state index < -0.39 is 0 Å². The van der Waals surface area contributed by atoms with E-state index in [1.165, 1.54) is 12.4 Å². The minimum atomic E-state index is -0.309. The number of nitrogens with zero attached hydrogens (tertiary/aromatic N) is 4. The zero-order valence-corrected chi connectivity index (χ0v) is 19.7. The molecule has 36 heavy (non-hydrogen) atoms. The number of ketones is 1. The van der Waals surface area contributed by atoms with Crippen molar-refractivity contribution in [2.45, 2.75) is 20.0 Å². The Labute approximate surface area is 207 Å². The number of carbonyl (C=O) groups is 2. The highest BCUT2D eigenvalue weighted by atomic mass is 16.1. The summed E-state index contributed by atoms with van der Waals surface area (Å²) in [5, 5.41) is 9.00. The van der Waals surface area contributed by atoms with Crippen molar-refractivity contribution >= 4 is 28.3 Å². The first-order chi connectivity index (χ1) is 17.5. The molecule has 0 radical (unpaired) electrons. The van der Waals surface area contributed by atoms with Gasteiger partial charge in [0.2, 0.25) is 0 Å². The first kappa shape index (κ1) is 22.9. The van der Waals surface area contributed by atoms with E-state index in [4.69, 9.17) is 5.73 Å². The third kappa shape index (κ3) is 4.97. The standard InChI is InChI=1S/C28H24N6O2/c1-18-12-33-34(16-18)17-19-2-5-21(6-3-19)26(35)23-11-24(15-30-14-23)28(36)32-13-20-4-7-25-22(10-20)8-9-31-27(25)29/h2-12,14-16H,13,17H2,1H3,(H2,29,31)(H,32,36). The molecule has 3 N–H and O–H groups in total. The summed E-state index contributed by atoms with van der Waals surface area (Å²) in [6, 6.07) is 16.6. The maximum absolute atomic E-state index is 13.0. The molecule has 8 heteroatoms. The average molecular weight is 477 g/mol. The largest absolute Gasteiger partial charge is 0.383 e. The molecule has 5 aromatic rings. The second-order valence-electron chi connectivity index (χ2n) is 8.64. The number of fused-ring (bicyclic) bond motifs is 1. The van der Waals surface area contributed by atoms with Crippen LogP contribution in [0.2, 0.25) is 0 Å². The van der Waals surface area contributed by atoms with Crippen molar-refractivity contribution in [2.24, 2.45) is 0 Å². The van der Waals surface area contributed by atoms with Gasteiger partial charge in [-0.3, -0.25) is 19.3 Å². The topological polar surface area (TPSA) is 116 Å². The second kappa shape index (κ2) is 9.79. The Kier molecular flexibility index (Phi) is 6.23. The molecule has 0 saturated carbocycles. The van der Waals surface area contributed by atoms with Crippen LogP contribution in [0.1, 0.15) is 43.0 Å². The quantitative estimate of drug-likeness (QED) is 0.344. The number of rotatable bonds is 7. The van der Waals surface area contributed by atoms with Gasteiger partial charge in [0.1, 0.15) is 5.82 Å². The van der Waals surface area contributed by atoms with Crippen molar-refractivity contribution in [2.75, 3.05) is 5.73 Å². The molecule has 0 atom stereocenters. The SMILES string of the molecule is Cc1cnn(Cc2ccc(C(=O)c3cncc(C(=O)NCc4ccc5c(N)nccc5c4)c3)cc2)c1. The smallest absolute Gasteiger partial charge is 0.253 e. The van der Waals surface area contributed by atoms with Crippen molar-refractivity contribution in [1.82, 2.24) is 25.1 Å². The van der Waals surface area contributed by atoms with E-state index in [9.17, 15) is 9.59 Å². The summed E-state index contributed by atoms with van der Waals surface area (Å²) >= 11 is 0. The van der Waals surface area contributed by atoms with E-state index in [0.717, 1.165) is 27.5 Å². The molecule has 0 aliphatic heterocycles. The van der Waals surface area contributed by atoms with Gasteiger partial charge in [0, 0.05) is 47.8 Å². The summed E-state index contributed by atoms with van der Waals surface area (Å²) in [6.45, 7) is 2.94. The maximum atomic E-state index is 13.0. The van der Waals surface area contributed by atoms with Gasteiger partial charge in [-0.1, -0.05) is 36.4 Å².